The van der Waals surface area contributed by atoms with E-state index in [-0.39, 0.29) is 11.7 Å². The fraction of sp³-hybridized carbons (Fsp3) is 0.333. The van der Waals surface area contributed by atoms with Crippen molar-refractivity contribution in [3.05, 3.63) is 59.7 Å². The average Bonchev–Trinajstić information content (AvgIpc) is 2.59. The molecule has 0 spiro atoms. The monoisotopic (exact) mass is 315 g/mol. The van der Waals surface area contributed by atoms with Crippen molar-refractivity contribution in [1.29, 1.82) is 0 Å². The number of nitrogens with zero attached hydrogens (tertiary/aromatic N) is 2. The van der Waals surface area contributed by atoms with Crippen LogP contribution >= 0.6 is 0 Å². The van der Waals surface area contributed by atoms with Gasteiger partial charge >= 0.3 is 0 Å². The first kappa shape index (κ1) is 16.9. The number of anilines is 1. The molecular weight excluding hydrogens is 293 g/mol. The van der Waals surface area contributed by atoms with Gasteiger partial charge < -0.3 is 10.2 Å². The summed E-state index contributed by atoms with van der Waals surface area (Å²) in [5.74, 6) is -0.473. The number of pyridine rings is 1. The van der Waals surface area contributed by atoms with Crippen LogP contribution < -0.4 is 10.2 Å². The molecule has 122 valence electrons. The molecule has 0 aliphatic heterocycles. The third-order valence-electron chi connectivity index (χ3n) is 3.64. The quantitative estimate of drug-likeness (QED) is 0.852. The first-order chi connectivity index (χ1) is 11.1. The fourth-order valence-corrected chi connectivity index (χ4v) is 2.17. The van der Waals surface area contributed by atoms with Crippen molar-refractivity contribution >= 4 is 11.6 Å². The number of halogens is 1. The highest BCUT2D eigenvalue weighted by Crippen LogP contribution is 2.14. The zero-order valence-corrected chi connectivity index (χ0v) is 13.6. The molecule has 1 heterocycles. The fourth-order valence-electron chi connectivity index (χ4n) is 2.17. The number of amides is 1. The van der Waals surface area contributed by atoms with E-state index in [1.54, 1.807) is 24.5 Å². The first-order valence-corrected chi connectivity index (χ1v) is 7.79. The summed E-state index contributed by atoms with van der Waals surface area (Å²) in [6.45, 7) is 3.43. The number of carbonyl (C=O) groups excluding carboxylic acids is 1. The van der Waals surface area contributed by atoms with Crippen LogP contribution in [0.15, 0.2) is 42.7 Å². The van der Waals surface area contributed by atoms with Crippen LogP contribution in [0.4, 0.5) is 10.1 Å². The highest BCUT2D eigenvalue weighted by Gasteiger charge is 2.09. The van der Waals surface area contributed by atoms with Crippen LogP contribution in [0.5, 0.6) is 0 Å². The van der Waals surface area contributed by atoms with E-state index in [1.807, 2.05) is 13.1 Å². The van der Waals surface area contributed by atoms with E-state index in [4.69, 9.17) is 0 Å². The lowest BCUT2D eigenvalue weighted by atomic mass is 10.2. The molecule has 0 atom stereocenters. The van der Waals surface area contributed by atoms with Crippen molar-refractivity contribution in [1.82, 2.24) is 10.3 Å². The summed E-state index contributed by atoms with van der Waals surface area (Å²) in [6.07, 6.45) is 5.52. The number of nitrogens with one attached hydrogen (secondary N) is 1. The molecule has 0 saturated carbocycles. The topological polar surface area (TPSA) is 45.2 Å². The van der Waals surface area contributed by atoms with Gasteiger partial charge in [0.05, 0.1) is 17.4 Å². The van der Waals surface area contributed by atoms with Crippen LogP contribution in [-0.2, 0) is 6.54 Å². The van der Waals surface area contributed by atoms with E-state index in [0.29, 0.717) is 12.1 Å². The first-order valence-electron chi connectivity index (χ1n) is 7.79. The molecule has 0 aliphatic carbocycles. The molecule has 0 radical (unpaired) electrons. The third kappa shape index (κ3) is 5.06. The van der Waals surface area contributed by atoms with E-state index in [1.165, 1.54) is 12.1 Å². The zero-order valence-electron chi connectivity index (χ0n) is 13.6. The lowest BCUT2D eigenvalue weighted by Crippen LogP contribution is -2.24. The van der Waals surface area contributed by atoms with E-state index < -0.39 is 0 Å². The van der Waals surface area contributed by atoms with Gasteiger partial charge in [0.2, 0.25) is 0 Å². The van der Waals surface area contributed by atoms with Crippen LogP contribution in [0.25, 0.3) is 0 Å². The van der Waals surface area contributed by atoms with Crippen LogP contribution in [0.3, 0.4) is 0 Å². The zero-order chi connectivity index (χ0) is 16.7. The minimum absolute atomic E-state index is 0.187. The van der Waals surface area contributed by atoms with Crippen molar-refractivity contribution in [3.63, 3.8) is 0 Å². The molecule has 23 heavy (non-hydrogen) atoms. The molecule has 1 N–H and O–H groups in total. The largest absolute Gasteiger partial charge is 0.373 e. The molecule has 2 aromatic rings. The molecule has 5 heteroatoms. The summed E-state index contributed by atoms with van der Waals surface area (Å²) in [6, 6.07) is 7.91. The second-order valence-corrected chi connectivity index (χ2v) is 5.52. The molecule has 0 bridgehead atoms. The maximum Gasteiger partial charge on any atom is 0.253 e. The average molecular weight is 315 g/mol. The normalized spacial score (nSPS) is 10.4. The Morgan fingerprint density at radius 3 is 2.70 bits per heavy atom. The summed E-state index contributed by atoms with van der Waals surface area (Å²) in [5.41, 5.74) is 2.30. The standard InChI is InChI=1S/C18H22FN3O/c1-3-4-9-22(2)17-10-15(12-20-13-17)18(23)21-11-14-5-7-16(19)8-6-14/h5-8,10,12-13H,3-4,9,11H2,1-2H3,(H,21,23). The highest BCUT2D eigenvalue weighted by atomic mass is 19.1. The van der Waals surface area contributed by atoms with Crippen LogP contribution in [0, 0.1) is 5.82 Å². The Labute approximate surface area is 136 Å². The van der Waals surface area contributed by atoms with Gasteiger partial charge in [0.15, 0.2) is 0 Å². The smallest absolute Gasteiger partial charge is 0.253 e. The van der Waals surface area contributed by atoms with Crippen molar-refractivity contribution in [2.75, 3.05) is 18.5 Å². The molecule has 0 saturated heterocycles. The molecule has 2 rings (SSSR count). The van der Waals surface area contributed by atoms with Gasteiger partial charge in [-0.1, -0.05) is 25.5 Å². The summed E-state index contributed by atoms with van der Waals surface area (Å²) < 4.78 is 12.9. The Bertz CT molecular complexity index is 643. The van der Waals surface area contributed by atoms with Gasteiger partial charge in [-0.2, -0.15) is 0 Å². The molecule has 1 amide bonds. The second-order valence-electron chi connectivity index (χ2n) is 5.52. The molecule has 1 aromatic carbocycles. The summed E-state index contributed by atoms with van der Waals surface area (Å²) in [5, 5.41) is 2.82. The van der Waals surface area contributed by atoms with Crippen molar-refractivity contribution in [2.45, 2.75) is 26.3 Å². The molecule has 4 nitrogen and oxygen atoms in total. The molecule has 0 unspecified atom stereocenters. The number of benzene rings is 1. The molecule has 0 fully saturated rings. The number of unbranched alkanes of at least 4 members (excludes halogenated alkanes) is 1. The van der Waals surface area contributed by atoms with E-state index in [2.05, 4.69) is 22.1 Å². The SMILES string of the molecule is CCCCN(C)c1cncc(C(=O)NCc2ccc(F)cc2)c1. The van der Waals surface area contributed by atoms with E-state index in [9.17, 15) is 9.18 Å². The summed E-state index contributed by atoms with van der Waals surface area (Å²) >= 11 is 0. The van der Waals surface area contributed by atoms with Crippen molar-refractivity contribution in [3.8, 4) is 0 Å². The number of hydrogen-bond acceptors (Lipinski definition) is 3. The minimum atomic E-state index is -0.285. The second kappa shape index (κ2) is 8.27. The number of hydrogen-bond donors (Lipinski definition) is 1. The maximum atomic E-state index is 12.9. The minimum Gasteiger partial charge on any atom is -0.373 e. The van der Waals surface area contributed by atoms with Gasteiger partial charge in [0, 0.05) is 26.3 Å². The predicted molar refractivity (Wildman–Crippen MR) is 90.0 cm³/mol. The summed E-state index contributed by atoms with van der Waals surface area (Å²) in [7, 11) is 1.99. The van der Waals surface area contributed by atoms with Gasteiger partial charge in [-0.15, -0.1) is 0 Å². The number of rotatable bonds is 7. The highest BCUT2D eigenvalue weighted by molar-refractivity contribution is 5.94. The van der Waals surface area contributed by atoms with Crippen molar-refractivity contribution in [2.24, 2.45) is 0 Å². The van der Waals surface area contributed by atoms with Crippen LogP contribution in [0.1, 0.15) is 35.7 Å². The van der Waals surface area contributed by atoms with Crippen LogP contribution in [-0.4, -0.2) is 24.5 Å². The number of aromatic nitrogens is 1. The van der Waals surface area contributed by atoms with E-state index >= 15 is 0 Å². The Hall–Kier alpha value is -2.43. The number of carbonyl (C=O) groups is 1. The van der Waals surface area contributed by atoms with Gasteiger partial charge in [0.25, 0.3) is 5.91 Å². The Balaban J connectivity index is 1.97. The molecular formula is C18H22FN3O. The van der Waals surface area contributed by atoms with E-state index in [0.717, 1.165) is 30.6 Å². The van der Waals surface area contributed by atoms with Gasteiger partial charge in [-0.3, -0.25) is 9.78 Å². The summed E-state index contributed by atoms with van der Waals surface area (Å²) in [4.78, 5) is 18.5. The lowest BCUT2D eigenvalue weighted by molar-refractivity contribution is 0.0950. The van der Waals surface area contributed by atoms with Crippen LogP contribution in [0.2, 0.25) is 0 Å². The van der Waals surface area contributed by atoms with Gasteiger partial charge in [0.1, 0.15) is 5.82 Å². The molecule has 0 aliphatic rings. The lowest BCUT2D eigenvalue weighted by Gasteiger charge is -2.19. The third-order valence-corrected chi connectivity index (χ3v) is 3.64. The van der Waals surface area contributed by atoms with Gasteiger partial charge in [-0.05, 0) is 30.2 Å². The van der Waals surface area contributed by atoms with Crippen molar-refractivity contribution < 1.29 is 9.18 Å². The Kier molecular flexibility index (Phi) is 6.09. The predicted octanol–water partition coefficient (Wildman–Crippen LogP) is 3.39. The Morgan fingerprint density at radius 2 is 2.00 bits per heavy atom. The Morgan fingerprint density at radius 1 is 1.26 bits per heavy atom. The molecule has 1 aromatic heterocycles. The maximum absolute atomic E-state index is 12.9. The van der Waals surface area contributed by atoms with Gasteiger partial charge in [-0.25, -0.2) is 4.39 Å².